The van der Waals surface area contributed by atoms with Gasteiger partial charge in [-0.3, -0.25) is 9.69 Å². The maximum Gasteiger partial charge on any atom is 0.237 e. The van der Waals surface area contributed by atoms with Crippen molar-refractivity contribution in [3.05, 3.63) is 70.2 Å². The fraction of sp³-hybridized carbons (Fsp3) is 0.316. The quantitative estimate of drug-likeness (QED) is 0.751. The van der Waals surface area contributed by atoms with Crippen LogP contribution in [-0.2, 0) is 11.3 Å². The summed E-state index contributed by atoms with van der Waals surface area (Å²) in [6, 6.07) is 11.3. The van der Waals surface area contributed by atoms with Gasteiger partial charge in [-0.2, -0.15) is 0 Å². The Bertz CT molecular complexity index is 785. The van der Waals surface area contributed by atoms with Gasteiger partial charge < -0.3 is 4.90 Å². The smallest absolute Gasteiger partial charge is 0.237 e. The zero-order valence-corrected chi connectivity index (χ0v) is 15.9. The molecule has 0 spiro atoms. The normalized spacial score (nSPS) is 17.1. The van der Waals surface area contributed by atoms with Crippen molar-refractivity contribution in [3.8, 4) is 0 Å². The molecule has 0 aromatic heterocycles. The first-order valence-electron chi connectivity index (χ1n) is 8.24. The van der Waals surface area contributed by atoms with Crippen LogP contribution in [0.5, 0.6) is 0 Å². The first kappa shape index (κ1) is 19.1. The minimum atomic E-state index is -0.602. The maximum absolute atomic E-state index is 13.8. The molecule has 3 nitrogen and oxygen atoms in total. The molecule has 3 rings (SSSR count). The SMILES string of the molecule is CN(CC(=O)N1CCS[C@@H]1c1ccccc1Cl)Cc1c(F)cccc1F. The summed E-state index contributed by atoms with van der Waals surface area (Å²) in [7, 11) is 1.68. The van der Waals surface area contributed by atoms with Gasteiger partial charge in [-0.25, -0.2) is 8.78 Å². The van der Waals surface area contributed by atoms with Gasteiger partial charge in [-0.15, -0.1) is 11.8 Å². The van der Waals surface area contributed by atoms with Gasteiger partial charge in [-0.05, 0) is 25.2 Å². The molecule has 1 fully saturated rings. The van der Waals surface area contributed by atoms with Gasteiger partial charge >= 0.3 is 0 Å². The van der Waals surface area contributed by atoms with Crippen LogP contribution in [0.2, 0.25) is 5.02 Å². The highest BCUT2D eigenvalue weighted by molar-refractivity contribution is 7.99. The largest absolute Gasteiger partial charge is 0.325 e. The molecule has 26 heavy (non-hydrogen) atoms. The van der Waals surface area contributed by atoms with Crippen molar-refractivity contribution in [2.24, 2.45) is 0 Å². The Hall–Kier alpha value is -1.63. The molecular formula is C19H19ClF2N2OS. The minimum absolute atomic E-state index is 0.0266. The molecule has 2 aromatic rings. The van der Waals surface area contributed by atoms with Crippen molar-refractivity contribution in [2.45, 2.75) is 11.9 Å². The molecule has 7 heteroatoms. The molecule has 1 aliphatic heterocycles. The van der Waals surface area contributed by atoms with E-state index in [-0.39, 0.29) is 29.9 Å². The molecule has 1 aliphatic rings. The molecule has 0 saturated carbocycles. The van der Waals surface area contributed by atoms with Gasteiger partial charge in [0, 0.05) is 35.0 Å². The number of amides is 1. The second-order valence-corrected chi connectivity index (χ2v) is 7.80. The highest BCUT2D eigenvalue weighted by Crippen LogP contribution is 2.40. The topological polar surface area (TPSA) is 23.6 Å². The molecule has 1 atom stereocenters. The summed E-state index contributed by atoms with van der Waals surface area (Å²) < 4.78 is 27.6. The number of likely N-dealkylation sites (N-methyl/N-ethyl adjacent to an activating group) is 1. The molecule has 2 aromatic carbocycles. The highest BCUT2D eigenvalue weighted by atomic mass is 35.5. The van der Waals surface area contributed by atoms with Crippen molar-refractivity contribution in [1.82, 2.24) is 9.80 Å². The van der Waals surface area contributed by atoms with E-state index < -0.39 is 11.6 Å². The van der Waals surface area contributed by atoms with Crippen LogP contribution in [0, 0.1) is 11.6 Å². The molecule has 0 radical (unpaired) electrons. The molecule has 0 bridgehead atoms. The lowest BCUT2D eigenvalue weighted by molar-refractivity contribution is -0.132. The fourth-order valence-electron chi connectivity index (χ4n) is 2.99. The number of thioether (sulfide) groups is 1. The number of hydrogen-bond acceptors (Lipinski definition) is 3. The third-order valence-electron chi connectivity index (χ3n) is 4.28. The van der Waals surface area contributed by atoms with Crippen LogP contribution in [-0.4, -0.2) is 41.6 Å². The number of carbonyl (C=O) groups is 1. The molecule has 0 N–H and O–H groups in total. The number of rotatable bonds is 5. The Morgan fingerprint density at radius 3 is 2.62 bits per heavy atom. The lowest BCUT2D eigenvalue weighted by atomic mass is 10.2. The number of nitrogens with zero attached hydrogens (tertiary/aromatic N) is 2. The number of benzene rings is 2. The van der Waals surface area contributed by atoms with E-state index in [1.165, 1.54) is 18.2 Å². The predicted molar refractivity (Wildman–Crippen MR) is 101 cm³/mol. The molecule has 1 heterocycles. The van der Waals surface area contributed by atoms with Gasteiger partial charge in [0.15, 0.2) is 0 Å². The molecule has 1 amide bonds. The predicted octanol–water partition coefficient (Wildman–Crippen LogP) is 4.32. The van der Waals surface area contributed by atoms with E-state index in [0.717, 1.165) is 11.3 Å². The van der Waals surface area contributed by atoms with Crippen molar-refractivity contribution in [3.63, 3.8) is 0 Å². The monoisotopic (exact) mass is 396 g/mol. The Balaban J connectivity index is 1.68. The number of carbonyl (C=O) groups excluding carboxylic acids is 1. The summed E-state index contributed by atoms with van der Waals surface area (Å²) in [5, 5.41) is 0.501. The lowest BCUT2D eigenvalue weighted by Crippen LogP contribution is -2.38. The molecule has 138 valence electrons. The number of halogens is 3. The van der Waals surface area contributed by atoms with E-state index >= 15 is 0 Å². The third kappa shape index (κ3) is 4.19. The second kappa shape index (κ2) is 8.37. The Labute approximate surface area is 160 Å². The minimum Gasteiger partial charge on any atom is -0.325 e. The van der Waals surface area contributed by atoms with Gasteiger partial charge in [0.1, 0.15) is 17.0 Å². The Morgan fingerprint density at radius 1 is 1.23 bits per heavy atom. The van der Waals surface area contributed by atoms with E-state index in [9.17, 15) is 13.6 Å². The van der Waals surface area contributed by atoms with Crippen molar-refractivity contribution >= 4 is 29.3 Å². The van der Waals surface area contributed by atoms with Crippen LogP contribution in [0.3, 0.4) is 0 Å². The Kier molecular flexibility index (Phi) is 6.16. The summed E-state index contributed by atoms with van der Waals surface area (Å²) in [4.78, 5) is 16.2. The Morgan fingerprint density at radius 2 is 1.92 bits per heavy atom. The molecular weight excluding hydrogens is 378 g/mol. The van der Waals surface area contributed by atoms with Crippen LogP contribution >= 0.6 is 23.4 Å². The molecule has 0 aliphatic carbocycles. The third-order valence-corrected chi connectivity index (χ3v) is 5.86. The summed E-state index contributed by atoms with van der Waals surface area (Å²) in [6.45, 7) is 0.735. The first-order valence-corrected chi connectivity index (χ1v) is 9.67. The summed E-state index contributed by atoms with van der Waals surface area (Å²) >= 11 is 7.94. The van der Waals surface area contributed by atoms with Crippen LogP contribution in [0.25, 0.3) is 0 Å². The van der Waals surface area contributed by atoms with Crippen molar-refractivity contribution in [2.75, 3.05) is 25.9 Å². The van der Waals surface area contributed by atoms with Crippen LogP contribution in [0.15, 0.2) is 42.5 Å². The van der Waals surface area contributed by atoms with Gasteiger partial charge in [0.2, 0.25) is 5.91 Å². The lowest BCUT2D eigenvalue weighted by Gasteiger charge is -2.27. The van der Waals surface area contributed by atoms with Gasteiger partial charge in [0.25, 0.3) is 0 Å². The van der Waals surface area contributed by atoms with Gasteiger partial charge in [0.05, 0.1) is 6.54 Å². The average Bonchev–Trinajstić information content (AvgIpc) is 3.08. The zero-order chi connectivity index (χ0) is 18.7. The maximum atomic E-state index is 13.8. The van der Waals surface area contributed by atoms with E-state index in [1.54, 1.807) is 28.6 Å². The van der Waals surface area contributed by atoms with Crippen LogP contribution < -0.4 is 0 Å². The van der Waals surface area contributed by atoms with Gasteiger partial charge in [-0.1, -0.05) is 35.9 Å². The summed E-state index contributed by atoms with van der Waals surface area (Å²) in [5.41, 5.74) is 0.883. The standard InChI is InChI=1S/C19H19ClF2N2OS/c1-23(11-14-16(21)7-4-8-17(14)22)12-18(25)24-9-10-26-19(24)13-5-2-3-6-15(13)20/h2-8,19H,9-12H2,1H3/t19-/m1/s1. The molecule has 1 saturated heterocycles. The number of hydrogen-bond donors (Lipinski definition) is 0. The summed E-state index contributed by atoms with van der Waals surface area (Å²) in [5.74, 6) is -0.461. The van der Waals surface area contributed by atoms with E-state index in [4.69, 9.17) is 11.6 Å². The average molecular weight is 397 g/mol. The van der Waals surface area contributed by atoms with Crippen LogP contribution in [0.4, 0.5) is 8.78 Å². The van der Waals surface area contributed by atoms with E-state index in [2.05, 4.69) is 0 Å². The van der Waals surface area contributed by atoms with Crippen molar-refractivity contribution < 1.29 is 13.6 Å². The highest BCUT2D eigenvalue weighted by Gasteiger charge is 2.32. The van der Waals surface area contributed by atoms with Crippen molar-refractivity contribution in [1.29, 1.82) is 0 Å². The second-order valence-electron chi connectivity index (χ2n) is 6.20. The van der Waals surface area contributed by atoms with E-state index in [0.29, 0.717) is 11.6 Å². The first-order chi connectivity index (χ1) is 12.5. The fourth-order valence-corrected chi connectivity index (χ4v) is 4.61. The summed E-state index contributed by atoms with van der Waals surface area (Å²) in [6.07, 6.45) is 0. The zero-order valence-electron chi connectivity index (χ0n) is 14.3. The molecule has 0 unspecified atom stereocenters. The van der Waals surface area contributed by atoms with E-state index in [1.807, 2.05) is 24.3 Å². The van der Waals surface area contributed by atoms with Crippen LogP contribution in [0.1, 0.15) is 16.5 Å².